The van der Waals surface area contributed by atoms with Crippen LogP contribution < -0.4 is 0 Å². The number of rotatable bonds is 4. The molecule has 0 saturated carbocycles. The van der Waals surface area contributed by atoms with Crippen molar-refractivity contribution >= 4 is 11.9 Å². The van der Waals surface area contributed by atoms with Gasteiger partial charge in [-0.1, -0.05) is 11.8 Å². The predicted octanol–water partition coefficient (Wildman–Crippen LogP) is 1.14. The fourth-order valence-electron chi connectivity index (χ4n) is 2.90. The summed E-state index contributed by atoms with van der Waals surface area (Å²) in [6, 6.07) is 0. The number of hydrogen-bond donors (Lipinski definition) is 0. The van der Waals surface area contributed by atoms with Gasteiger partial charge in [0.05, 0.1) is 11.1 Å². The van der Waals surface area contributed by atoms with Gasteiger partial charge in [-0.25, -0.2) is 9.59 Å². The van der Waals surface area contributed by atoms with Gasteiger partial charge in [-0.15, -0.1) is 12.8 Å². The average Bonchev–Trinajstić information content (AvgIpc) is 2.83. The summed E-state index contributed by atoms with van der Waals surface area (Å²) in [6.07, 6.45) is 12.0. The molecule has 0 unspecified atom stereocenters. The maximum Gasteiger partial charge on any atom is 0.338 e. The molecule has 114 valence electrons. The molecule has 0 aromatic heterocycles. The first-order valence-corrected chi connectivity index (χ1v) is 6.66. The Kier molecular flexibility index (Phi) is 3.87. The normalized spacial score (nSPS) is 28.7. The number of fused-ring (bicyclic) bond motifs is 2. The Balaban J connectivity index is 2.49. The molecule has 2 heterocycles. The number of ether oxygens (including phenoxy) is 3. The molecule has 0 saturated heterocycles. The van der Waals surface area contributed by atoms with Crippen molar-refractivity contribution in [2.24, 2.45) is 0 Å². The Morgan fingerprint density at radius 1 is 1.14 bits per heavy atom. The highest BCUT2D eigenvalue weighted by Gasteiger charge is 2.60. The van der Waals surface area contributed by atoms with Crippen molar-refractivity contribution in [2.75, 3.05) is 13.2 Å². The van der Waals surface area contributed by atoms with Gasteiger partial charge in [0.1, 0.15) is 11.2 Å². The average molecular weight is 300 g/mol. The van der Waals surface area contributed by atoms with E-state index >= 15 is 0 Å². The Labute approximate surface area is 129 Å². The maximum absolute atomic E-state index is 12.3. The molecule has 0 amide bonds. The molecule has 0 fully saturated rings. The lowest BCUT2D eigenvalue weighted by Gasteiger charge is -2.24. The highest BCUT2D eigenvalue weighted by atomic mass is 16.6. The molecular weight excluding hydrogens is 284 g/mol. The van der Waals surface area contributed by atoms with E-state index in [4.69, 9.17) is 27.1 Å². The van der Waals surface area contributed by atoms with Crippen LogP contribution in [0.3, 0.4) is 0 Å². The molecule has 2 aliphatic rings. The first kappa shape index (κ1) is 15.9. The van der Waals surface area contributed by atoms with Crippen LogP contribution in [0.4, 0.5) is 0 Å². The summed E-state index contributed by atoms with van der Waals surface area (Å²) in [5.74, 6) is 3.04. The molecule has 0 aliphatic carbocycles. The second-order valence-electron chi connectivity index (χ2n) is 5.38. The van der Waals surface area contributed by atoms with Crippen LogP contribution in [0.15, 0.2) is 22.8 Å². The monoisotopic (exact) mass is 300 g/mol. The third-order valence-corrected chi connectivity index (χ3v) is 3.87. The first-order valence-electron chi connectivity index (χ1n) is 6.66. The van der Waals surface area contributed by atoms with Crippen LogP contribution in [0.1, 0.15) is 20.8 Å². The minimum Gasteiger partial charge on any atom is -0.449 e. The summed E-state index contributed by atoms with van der Waals surface area (Å²) in [5.41, 5.74) is -1.04. The van der Waals surface area contributed by atoms with E-state index in [9.17, 15) is 9.59 Å². The lowest BCUT2D eigenvalue weighted by molar-refractivity contribution is -0.141. The predicted molar refractivity (Wildman–Crippen MR) is 78.3 cm³/mol. The summed E-state index contributed by atoms with van der Waals surface area (Å²) in [7, 11) is 0. The highest BCUT2D eigenvalue weighted by Crippen LogP contribution is 2.53. The van der Waals surface area contributed by atoms with Crippen molar-refractivity contribution < 1.29 is 23.8 Å². The molecular formula is C17H16O5. The fourth-order valence-corrected chi connectivity index (χ4v) is 2.90. The number of hydrogen-bond acceptors (Lipinski definition) is 5. The highest BCUT2D eigenvalue weighted by molar-refractivity contribution is 6.06. The van der Waals surface area contributed by atoms with Crippen molar-refractivity contribution in [1.29, 1.82) is 0 Å². The van der Waals surface area contributed by atoms with Crippen molar-refractivity contribution in [2.45, 2.75) is 32.0 Å². The molecule has 2 rings (SSSR count). The first-order chi connectivity index (χ1) is 10.3. The van der Waals surface area contributed by atoms with Gasteiger partial charge in [-0.3, -0.25) is 0 Å². The molecule has 5 nitrogen and oxygen atoms in total. The van der Waals surface area contributed by atoms with Gasteiger partial charge >= 0.3 is 11.9 Å². The smallest absolute Gasteiger partial charge is 0.338 e. The SMILES string of the molecule is C#CCOC(=O)C1=C(C(=O)OCC#C)[C@]2(C)C=C(C)[C@@]1(C)O2. The molecule has 0 spiro atoms. The number of terminal acetylenes is 2. The summed E-state index contributed by atoms with van der Waals surface area (Å²) >= 11 is 0. The van der Waals surface area contributed by atoms with Gasteiger partial charge in [0, 0.05) is 0 Å². The van der Waals surface area contributed by atoms with Crippen LogP contribution in [-0.4, -0.2) is 36.4 Å². The molecule has 0 radical (unpaired) electrons. The summed E-state index contributed by atoms with van der Waals surface area (Å²) in [4.78, 5) is 24.6. The Morgan fingerprint density at radius 2 is 1.64 bits per heavy atom. The molecule has 2 aliphatic heterocycles. The minimum absolute atomic E-state index is 0.109. The Bertz CT molecular complexity index is 685. The lowest BCUT2D eigenvalue weighted by Crippen LogP contribution is -2.33. The van der Waals surface area contributed by atoms with Crippen molar-refractivity contribution in [3.63, 3.8) is 0 Å². The zero-order valence-electron chi connectivity index (χ0n) is 12.7. The third-order valence-electron chi connectivity index (χ3n) is 3.87. The van der Waals surface area contributed by atoms with Gasteiger partial charge in [-0.2, -0.15) is 0 Å². The van der Waals surface area contributed by atoms with Gasteiger partial charge in [0.15, 0.2) is 13.2 Å². The summed E-state index contributed by atoms with van der Waals surface area (Å²) in [5, 5.41) is 0. The van der Waals surface area contributed by atoms with Crippen molar-refractivity contribution in [3.8, 4) is 24.7 Å². The second-order valence-corrected chi connectivity index (χ2v) is 5.38. The van der Waals surface area contributed by atoms with E-state index in [1.807, 2.05) is 6.92 Å². The largest absolute Gasteiger partial charge is 0.449 e. The molecule has 2 atom stereocenters. The number of carbonyl (C=O) groups is 2. The van der Waals surface area contributed by atoms with Gasteiger partial charge in [0.2, 0.25) is 0 Å². The van der Waals surface area contributed by atoms with Crippen LogP contribution in [0.5, 0.6) is 0 Å². The third kappa shape index (κ3) is 2.20. The van der Waals surface area contributed by atoms with Gasteiger partial charge < -0.3 is 14.2 Å². The van der Waals surface area contributed by atoms with Crippen LogP contribution in [-0.2, 0) is 23.8 Å². The number of esters is 2. The van der Waals surface area contributed by atoms with E-state index in [1.165, 1.54) is 0 Å². The number of carbonyl (C=O) groups excluding carboxylic acids is 2. The van der Waals surface area contributed by atoms with Crippen LogP contribution in [0, 0.1) is 24.7 Å². The molecule has 0 N–H and O–H groups in total. The molecule has 0 aromatic carbocycles. The van der Waals surface area contributed by atoms with Crippen molar-refractivity contribution in [3.05, 3.63) is 22.8 Å². The van der Waals surface area contributed by atoms with Crippen LogP contribution >= 0.6 is 0 Å². The summed E-state index contributed by atoms with van der Waals surface area (Å²) < 4.78 is 15.9. The zero-order valence-corrected chi connectivity index (χ0v) is 12.7. The van der Waals surface area contributed by atoms with Crippen molar-refractivity contribution in [1.82, 2.24) is 0 Å². The van der Waals surface area contributed by atoms with E-state index in [1.54, 1.807) is 19.9 Å². The van der Waals surface area contributed by atoms with Gasteiger partial charge in [-0.05, 0) is 32.4 Å². The van der Waals surface area contributed by atoms with E-state index in [0.29, 0.717) is 0 Å². The lowest BCUT2D eigenvalue weighted by atomic mass is 9.79. The molecule has 2 bridgehead atoms. The van der Waals surface area contributed by atoms with Gasteiger partial charge in [0.25, 0.3) is 0 Å². The standard InChI is InChI=1S/C17H16O5/c1-6-8-20-14(18)12-13(15(19)21-9-7-2)17(5)11(3)10-16(12,4)22-17/h1-2,10H,8-9H2,3-5H3/t16-,17+/m0/s1. The van der Waals surface area contributed by atoms with Crippen LogP contribution in [0.2, 0.25) is 0 Å². The van der Waals surface area contributed by atoms with E-state index in [0.717, 1.165) is 5.57 Å². The Morgan fingerprint density at radius 3 is 2.14 bits per heavy atom. The van der Waals surface area contributed by atoms with E-state index in [-0.39, 0.29) is 24.4 Å². The fraction of sp³-hybridized carbons (Fsp3) is 0.412. The molecule has 22 heavy (non-hydrogen) atoms. The van der Waals surface area contributed by atoms with E-state index < -0.39 is 23.1 Å². The zero-order chi connectivity index (χ0) is 16.5. The quantitative estimate of drug-likeness (QED) is 0.443. The van der Waals surface area contributed by atoms with Crippen LogP contribution in [0.25, 0.3) is 0 Å². The van der Waals surface area contributed by atoms with E-state index in [2.05, 4.69) is 11.8 Å². The minimum atomic E-state index is -1.05. The molecule has 0 aromatic rings. The maximum atomic E-state index is 12.3. The second kappa shape index (κ2) is 5.36. The molecule has 5 heteroatoms. The summed E-state index contributed by atoms with van der Waals surface area (Å²) in [6.45, 7) is 4.84. The Hall–Kier alpha value is -2.50. The topological polar surface area (TPSA) is 61.8 Å².